The van der Waals surface area contributed by atoms with E-state index < -0.39 is 12.0 Å². The van der Waals surface area contributed by atoms with E-state index in [0.29, 0.717) is 42.0 Å². The molecule has 0 spiro atoms. The van der Waals surface area contributed by atoms with E-state index in [0.717, 1.165) is 0 Å². The molecule has 0 saturated carbocycles. The number of aromatic nitrogens is 2. The molecule has 2 N–H and O–H groups in total. The van der Waals surface area contributed by atoms with E-state index >= 15 is 0 Å². The number of hydrogen-bond acceptors (Lipinski definition) is 9. The molecule has 10 nitrogen and oxygen atoms in total. The van der Waals surface area contributed by atoms with E-state index in [1.54, 1.807) is 19.3 Å². The zero-order chi connectivity index (χ0) is 27.7. The van der Waals surface area contributed by atoms with Gasteiger partial charge in [-0.15, -0.1) is 0 Å². The molecular formula is C27H29ClFN5O5. The van der Waals surface area contributed by atoms with Crippen LogP contribution in [0.15, 0.2) is 48.8 Å². The lowest BCUT2D eigenvalue weighted by Crippen LogP contribution is -2.41. The van der Waals surface area contributed by atoms with Gasteiger partial charge in [0.25, 0.3) is 5.91 Å². The average molecular weight is 558 g/mol. The summed E-state index contributed by atoms with van der Waals surface area (Å²) >= 11 is 5.95. The number of methoxy groups -OCH3 is 1. The van der Waals surface area contributed by atoms with Gasteiger partial charge in [-0.25, -0.2) is 14.4 Å². The highest BCUT2D eigenvalue weighted by Crippen LogP contribution is 2.40. The fourth-order valence-corrected chi connectivity index (χ4v) is 4.95. The van der Waals surface area contributed by atoms with Crippen molar-refractivity contribution in [2.45, 2.75) is 31.0 Å². The number of nitrogens with one attached hydrogen (secondary N) is 1. The van der Waals surface area contributed by atoms with Crippen molar-refractivity contribution in [2.75, 3.05) is 44.6 Å². The first-order valence-corrected chi connectivity index (χ1v) is 12.8. The fraction of sp³-hybridized carbons (Fsp3) is 0.370. The minimum absolute atomic E-state index is 0.0431. The quantitative estimate of drug-likeness (QED) is 0.399. The maximum absolute atomic E-state index is 13.7. The van der Waals surface area contributed by atoms with E-state index in [2.05, 4.69) is 15.3 Å². The van der Waals surface area contributed by atoms with Crippen molar-refractivity contribution in [1.29, 1.82) is 0 Å². The van der Waals surface area contributed by atoms with Crippen LogP contribution in [0.5, 0.6) is 5.75 Å². The largest absolute Gasteiger partial charge is 0.506 e. The molecular weight excluding hydrogens is 529 g/mol. The third-order valence-corrected chi connectivity index (χ3v) is 6.98. The smallest absolute Gasteiger partial charge is 0.252 e. The van der Waals surface area contributed by atoms with Gasteiger partial charge in [0.2, 0.25) is 0 Å². The molecule has 0 radical (unpaired) electrons. The van der Waals surface area contributed by atoms with E-state index in [1.165, 1.54) is 41.6 Å². The van der Waals surface area contributed by atoms with E-state index in [4.69, 9.17) is 25.8 Å². The van der Waals surface area contributed by atoms with Gasteiger partial charge in [0.1, 0.15) is 42.1 Å². The van der Waals surface area contributed by atoms with Crippen molar-refractivity contribution in [1.82, 2.24) is 14.9 Å². The first-order chi connectivity index (χ1) is 18.7. The molecule has 206 valence electrons. The molecule has 3 aromatic rings. The van der Waals surface area contributed by atoms with Crippen LogP contribution in [-0.4, -0.2) is 84.8 Å². The minimum Gasteiger partial charge on any atom is -0.506 e. The first-order valence-electron chi connectivity index (χ1n) is 12.4. The SMILES string of the molecule is CO[C@@H]1COC2CC(N(C(=O)/C=C/CN(C)C)c3cc4c(Nc5ccc(F)c(Cl)c5)ncnc4cc3O)OC21. The molecule has 2 aliphatic rings. The molecule has 1 aromatic heterocycles. The lowest BCUT2D eigenvalue weighted by Gasteiger charge is -2.29. The number of halogens is 2. The Morgan fingerprint density at radius 3 is 2.87 bits per heavy atom. The second-order valence-corrected chi connectivity index (χ2v) is 10.1. The van der Waals surface area contributed by atoms with Gasteiger partial charge in [0, 0.05) is 43.3 Å². The summed E-state index contributed by atoms with van der Waals surface area (Å²) in [6, 6.07) is 7.30. The predicted molar refractivity (Wildman–Crippen MR) is 145 cm³/mol. The van der Waals surface area contributed by atoms with Crippen LogP contribution in [-0.2, 0) is 19.0 Å². The van der Waals surface area contributed by atoms with Crippen molar-refractivity contribution in [3.05, 3.63) is 59.7 Å². The number of nitrogens with zero attached hydrogens (tertiary/aromatic N) is 4. The van der Waals surface area contributed by atoms with Gasteiger partial charge in [-0.05, 0) is 38.4 Å². The maximum Gasteiger partial charge on any atom is 0.252 e. The third kappa shape index (κ3) is 5.68. The van der Waals surface area contributed by atoms with Crippen molar-refractivity contribution in [3.63, 3.8) is 0 Å². The molecule has 0 bridgehead atoms. The molecule has 2 fully saturated rings. The number of aromatic hydroxyl groups is 1. The summed E-state index contributed by atoms with van der Waals surface area (Å²) in [6.45, 7) is 0.966. The number of phenolic OH excluding ortho intramolecular Hbond substituents is 1. The first kappa shape index (κ1) is 27.2. The van der Waals surface area contributed by atoms with Crippen molar-refractivity contribution in [2.24, 2.45) is 0 Å². The molecule has 12 heteroatoms. The Labute approximate surface area is 229 Å². The predicted octanol–water partition coefficient (Wildman–Crippen LogP) is 3.85. The van der Waals surface area contributed by atoms with E-state index in [-0.39, 0.29) is 40.7 Å². The molecule has 2 saturated heterocycles. The second-order valence-electron chi connectivity index (χ2n) is 9.64. The van der Waals surface area contributed by atoms with Crippen LogP contribution < -0.4 is 10.2 Å². The van der Waals surface area contributed by atoms with Crippen LogP contribution in [0.1, 0.15) is 6.42 Å². The summed E-state index contributed by atoms with van der Waals surface area (Å²) in [5.41, 5.74) is 1.16. The Kier molecular flexibility index (Phi) is 7.96. The number of phenols is 1. The summed E-state index contributed by atoms with van der Waals surface area (Å²) < 4.78 is 31.3. The number of amides is 1. The van der Waals surface area contributed by atoms with E-state index in [1.807, 2.05) is 19.0 Å². The van der Waals surface area contributed by atoms with Gasteiger partial charge >= 0.3 is 0 Å². The number of hydrogen-bond donors (Lipinski definition) is 2. The van der Waals surface area contributed by atoms with Gasteiger partial charge in [-0.2, -0.15) is 0 Å². The number of carbonyl (C=O) groups excluding carboxylic acids is 1. The van der Waals surface area contributed by atoms with Crippen LogP contribution in [0.4, 0.5) is 21.6 Å². The standard InChI is InChI=1S/C27H29ClFN5O5/c1-33(2)8-4-5-24(36)34(25-12-22-26(39-25)23(37-3)13-38-22)20-10-16-19(11-21(20)35)30-14-31-27(16)32-15-6-7-18(29)17(28)9-15/h4-7,9-11,14,22-23,25-26,35H,8,12-13H2,1-3H3,(H,30,31,32)/b5-4+/t22?,23-,25?,26?/m1/s1. The number of benzene rings is 2. The number of carbonyl (C=O) groups is 1. The summed E-state index contributed by atoms with van der Waals surface area (Å²) in [5, 5.41) is 14.7. The number of fused-ring (bicyclic) bond motifs is 2. The summed E-state index contributed by atoms with van der Waals surface area (Å²) in [5.74, 6) is -0.691. The number of rotatable bonds is 8. The van der Waals surface area contributed by atoms with Crippen molar-refractivity contribution in [3.8, 4) is 5.75 Å². The summed E-state index contributed by atoms with van der Waals surface area (Å²) in [4.78, 5) is 25.5. The molecule has 4 atom stereocenters. The van der Waals surface area contributed by atoms with Gasteiger partial charge in [-0.3, -0.25) is 9.69 Å². The summed E-state index contributed by atoms with van der Waals surface area (Å²) in [6.07, 6.45) is 3.39. The minimum atomic E-state index is -0.713. The number of ether oxygens (including phenoxy) is 3. The highest BCUT2D eigenvalue weighted by molar-refractivity contribution is 6.31. The number of anilines is 3. The van der Waals surface area contributed by atoms with Crippen LogP contribution in [0.3, 0.4) is 0 Å². The highest BCUT2D eigenvalue weighted by atomic mass is 35.5. The molecule has 2 aromatic carbocycles. The Hall–Kier alpha value is -3.35. The lowest BCUT2D eigenvalue weighted by molar-refractivity contribution is -0.117. The topological polar surface area (TPSA) is 109 Å². The number of likely N-dealkylation sites (N-methyl/N-ethyl adjacent to an activating group) is 1. The Balaban J connectivity index is 1.54. The molecule has 2 aliphatic heterocycles. The van der Waals surface area contributed by atoms with Crippen LogP contribution >= 0.6 is 11.6 Å². The Bertz CT molecular complexity index is 1410. The van der Waals surface area contributed by atoms with Gasteiger partial charge < -0.3 is 29.5 Å². The van der Waals surface area contributed by atoms with Gasteiger partial charge in [0.05, 0.1) is 28.9 Å². The van der Waals surface area contributed by atoms with Crippen LogP contribution in [0, 0.1) is 5.82 Å². The maximum atomic E-state index is 13.7. The molecule has 5 rings (SSSR count). The van der Waals surface area contributed by atoms with Crippen molar-refractivity contribution >= 4 is 45.6 Å². The monoisotopic (exact) mass is 557 g/mol. The fourth-order valence-electron chi connectivity index (χ4n) is 4.77. The molecule has 39 heavy (non-hydrogen) atoms. The Morgan fingerprint density at radius 2 is 2.13 bits per heavy atom. The zero-order valence-corrected chi connectivity index (χ0v) is 22.4. The van der Waals surface area contributed by atoms with E-state index in [9.17, 15) is 14.3 Å². The van der Waals surface area contributed by atoms with Crippen LogP contribution in [0.25, 0.3) is 10.9 Å². The van der Waals surface area contributed by atoms with Crippen LogP contribution in [0.2, 0.25) is 5.02 Å². The molecule has 0 aliphatic carbocycles. The van der Waals surface area contributed by atoms with Gasteiger partial charge in [-0.1, -0.05) is 17.7 Å². The molecule has 3 unspecified atom stereocenters. The average Bonchev–Trinajstić information content (AvgIpc) is 3.47. The zero-order valence-electron chi connectivity index (χ0n) is 21.7. The third-order valence-electron chi connectivity index (χ3n) is 6.69. The lowest BCUT2D eigenvalue weighted by atomic mass is 10.1. The molecule has 1 amide bonds. The highest BCUT2D eigenvalue weighted by Gasteiger charge is 2.49. The van der Waals surface area contributed by atoms with Gasteiger partial charge in [0.15, 0.2) is 0 Å². The second kappa shape index (κ2) is 11.4. The Morgan fingerprint density at radius 1 is 1.31 bits per heavy atom. The summed E-state index contributed by atoms with van der Waals surface area (Å²) in [7, 11) is 5.39. The van der Waals surface area contributed by atoms with Crippen molar-refractivity contribution < 1.29 is 28.5 Å². The normalized spacial score (nSPS) is 22.6. The molecule has 3 heterocycles.